The molecule has 0 bridgehead atoms. The van der Waals surface area contributed by atoms with Crippen LogP contribution in [0.4, 0.5) is 0 Å². The summed E-state index contributed by atoms with van der Waals surface area (Å²) in [4.78, 5) is 4.13. The van der Waals surface area contributed by atoms with Crippen molar-refractivity contribution >= 4 is 11.6 Å². The van der Waals surface area contributed by atoms with Gasteiger partial charge in [0, 0.05) is 25.9 Å². The second-order valence-electron chi connectivity index (χ2n) is 3.78. The van der Waals surface area contributed by atoms with E-state index in [0.29, 0.717) is 24.1 Å². The summed E-state index contributed by atoms with van der Waals surface area (Å²) in [5.41, 5.74) is 0.989. The molecule has 0 saturated heterocycles. The van der Waals surface area contributed by atoms with E-state index in [4.69, 9.17) is 21.1 Å². The third kappa shape index (κ3) is 4.89. The second-order valence-corrected chi connectivity index (χ2v) is 4.19. The fraction of sp³-hybridized carbons (Fsp3) is 0.583. The Kier molecular flexibility index (Phi) is 6.26. The Bertz CT molecular complexity index is 347. The van der Waals surface area contributed by atoms with Crippen molar-refractivity contribution in [1.82, 2.24) is 10.3 Å². The maximum atomic E-state index is 6.05. The van der Waals surface area contributed by atoms with Crippen molar-refractivity contribution in [2.75, 3.05) is 20.3 Å². The van der Waals surface area contributed by atoms with Crippen LogP contribution < -0.4 is 10.1 Å². The minimum Gasteiger partial charge on any atom is -0.472 e. The van der Waals surface area contributed by atoms with E-state index >= 15 is 0 Å². The Balaban J connectivity index is 2.67. The maximum Gasteiger partial charge on any atom is 0.213 e. The van der Waals surface area contributed by atoms with Gasteiger partial charge in [-0.1, -0.05) is 18.5 Å². The molecule has 96 valence electrons. The van der Waals surface area contributed by atoms with E-state index in [1.807, 2.05) is 19.9 Å². The van der Waals surface area contributed by atoms with E-state index in [2.05, 4.69) is 10.3 Å². The van der Waals surface area contributed by atoms with Crippen molar-refractivity contribution in [3.63, 3.8) is 0 Å². The van der Waals surface area contributed by atoms with Crippen LogP contribution in [-0.4, -0.2) is 31.3 Å². The lowest BCUT2D eigenvalue weighted by Gasteiger charge is -2.14. The van der Waals surface area contributed by atoms with Gasteiger partial charge in [-0.15, -0.1) is 0 Å². The smallest absolute Gasteiger partial charge is 0.213 e. The minimum atomic E-state index is -0.0272. The van der Waals surface area contributed by atoms with Gasteiger partial charge in [0.1, 0.15) is 6.10 Å². The number of methoxy groups -OCH3 is 1. The second kappa shape index (κ2) is 7.48. The highest BCUT2D eigenvalue weighted by molar-refractivity contribution is 6.31. The minimum absolute atomic E-state index is 0.0272. The van der Waals surface area contributed by atoms with Crippen LogP contribution in [0, 0.1) is 0 Å². The van der Waals surface area contributed by atoms with Crippen LogP contribution in [0.1, 0.15) is 19.4 Å². The molecule has 17 heavy (non-hydrogen) atoms. The van der Waals surface area contributed by atoms with Gasteiger partial charge in [0.25, 0.3) is 0 Å². The first-order valence-electron chi connectivity index (χ1n) is 5.68. The van der Waals surface area contributed by atoms with Crippen molar-refractivity contribution in [3.8, 4) is 5.88 Å². The summed E-state index contributed by atoms with van der Waals surface area (Å²) in [6, 6.07) is 1.86. The van der Waals surface area contributed by atoms with E-state index in [1.54, 1.807) is 13.3 Å². The Morgan fingerprint density at radius 2 is 2.29 bits per heavy atom. The molecule has 1 rings (SSSR count). The average Bonchev–Trinajstić information content (AvgIpc) is 2.30. The fourth-order valence-corrected chi connectivity index (χ4v) is 1.56. The van der Waals surface area contributed by atoms with Crippen molar-refractivity contribution in [3.05, 3.63) is 22.8 Å². The summed E-state index contributed by atoms with van der Waals surface area (Å²) < 4.78 is 10.6. The number of nitrogens with zero attached hydrogens (tertiary/aromatic N) is 1. The first kappa shape index (κ1) is 14.2. The number of ether oxygens (including phenoxy) is 2. The number of aromatic nitrogens is 1. The normalized spacial score (nSPS) is 12.5. The molecule has 1 atom stereocenters. The predicted octanol–water partition coefficient (Wildman–Crippen LogP) is 2.26. The van der Waals surface area contributed by atoms with E-state index in [1.165, 1.54) is 0 Å². The topological polar surface area (TPSA) is 43.4 Å². The summed E-state index contributed by atoms with van der Waals surface area (Å²) in [5, 5.41) is 3.87. The molecule has 0 spiro atoms. The van der Waals surface area contributed by atoms with Gasteiger partial charge in [0.15, 0.2) is 0 Å². The van der Waals surface area contributed by atoms with Crippen LogP contribution in [0.25, 0.3) is 0 Å². The van der Waals surface area contributed by atoms with Crippen LogP contribution in [0.15, 0.2) is 12.3 Å². The third-order valence-corrected chi connectivity index (χ3v) is 2.54. The molecule has 4 nitrogen and oxygen atoms in total. The lowest BCUT2D eigenvalue weighted by atomic mass is 10.2. The molecule has 5 heteroatoms. The standard InChI is InChI=1S/C12H19ClN2O2/c1-4-14-6-10-5-12(15-7-11(10)13)17-9(2)8-16-3/h5,7,9,14H,4,6,8H2,1-3H3. The summed E-state index contributed by atoms with van der Waals surface area (Å²) in [7, 11) is 1.64. The Morgan fingerprint density at radius 1 is 1.53 bits per heavy atom. The maximum absolute atomic E-state index is 6.05. The Hall–Kier alpha value is -0.840. The monoisotopic (exact) mass is 258 g/mol. The molecule has 1 N–H and O–H groups in total. The summed E-state index contributed by atoms with van der Waals surface area (Å²) in [6.45, 7) is 6.13. The van der Waals surface area contributed by atoms with Crippen LogP contribution in [0.5, 0.6) is 5.88 Å². The van der Waals surface area contributed by atoms with E-state index in [-0.39, 0.29) is 6.10 Å². The quantitative estimate of drug-likeness (QED) is 0.815. The number of halogens is 1. The van der Waals surface area contributed by atoms with E-state index in [0.717, 1.165) is 12.1 Å². The Labute approximate surface area is 107 Å². The first-order chi connectivity index (χ1) is 8.17. The zero-order chi connectivity index (χ0) is 12.7. The van der Waals surface area contributed by atoms with Crippen LogP contribution in [0.3, 0.4) is 0 Å². The Morgan fingerprint density at radius 3 is 2.94 bits per heavy atom. The van der Waals surface area contributed by atoms with Crippen molar-refractivity contribution in [1.29, 1.82) is 0 Å². The molecule has 0 aromatic carbocycles. The molecule has 0 amide bonds. The number of hydrogen-bond donors (Lipinski definition) is 1. The molecule has 0 aliphatic carbocycles. The molecule has 1 unspecified atom stereocenters. The molecule has 1 aromatic heterocycles. The lowest BCUT2D eigenvalue weighted by molar-refractivity contribution is 0.0889. The predicted molar refractivity (Wildman–Crippen MR) is 68.6 cm³/mol. The van der Waals surface area contributed by atoms with Crippen molar-refractivity contribution in [2.45, 2.75) is 26.5 Å². The highest BCUT2D eigenvalue weighted by atomic mass is 35.5. The van der Waals surface area contributed by atoms with Gasteiger partial charge in [-0.25, -0.2) is 4.98 Å². The molecule has 0 aliphatic heterocycles. The number of nitrogens with one attached hydrogen (secondary N) is 1. The average molecular weight is 259 g/mol. The van der Waals surface area contributed by atoms with Crippen LogP contribution >= 0.6 is 11.6 Å². The van der Waals surface area contributed by atoms with Crippen molar-refractivity contribution < 1.29 is 9.47 Å². The summed E-state index contributed by atoms with van der Waals surface area (Å²) >= 11 is 6.05. The van der Waals surface area contributed by atoms with Gasteiger partial charge >= 0.3 is 0 Å². The highest BCUT2D eigenvalue weighted by Gasteiger charge is 2.07. The lowest BCUT2D eigenvalue weighted by Crippen LogP contribution is -2.19. The molecule has 0 radical (unpaired) electrons. The summed E-state index contributed by atoms with van der Waals surface area (Å²) in [6.07, 6.45) is 1.59. The number of hydrogen-bond acceptors (Lipinski definition) is 4. The molecular formula is C12H19ClN2O2. The molecule has 0 saturated carbocycles. The summed E-state index contributed by atoms with van der Waals surface area (Å²) in [5.74, 6) is 0.576. The van der Waals surface area contributed by atoms with Crippen LogP contribution in [-0.2, 0) is 11.3 Å². The van der Waals surface area contributed by atoms with Gasteiger partial charge in [-0.2, -0.15) is 0 Å². The zero-order valence-corrected chi connectivity index (χ0v) is 11.3. The third-order valence-electron chi connectivity index (χ3n) is 2.20. The van der Waals surface area contributed by atoms with Gasteiger partial charge in [-0.05, 0) is 19.0 Å². The molecule has 0 fully saturated rings. The van der Waals surface area contributed by atoms with Gasteiger partial charge < -0.3 is 14.8 Å². The molecule has 1 aromatic rings. The molecular weight excluding hydrogens is 240 g/mol. The van der Waals surface area contributed by atoms with E-state index in [9.17, 15) is 0 Å². The fourth-order valence-electron chi connectivity index (χ4n) is 1.39. The van der Waals surface area contributed by atoms with Gasteiger partial charge in [0.05, 0.1) is 11.6 Å². The highest BCUT2D eigenvalue weighted by Crippen LogP contribution is 2.19. The number of pyridine rings is 1. The van der Waals surface area contributed by atoms with Gasteiger partial charge in [-0.3, -0.25) is 0 Å². The largest absolute Gasteiger partial charge is 0.472 e. The SMILES string of the molecule is CCNCc1cc(OC(C)COC)ncc1Cl. The number of rotatable bonds is 7. The van der Waals surface area contributed by atoms with Gasteiger partial charge in [0.2, 0.25) is 5.88 Å². The van der Waals surface area contributed by atoms with Crippen LogP contribution in [0.2, 0.25) is 5.02 Å². The van der Waals surface area contributed by atoms with Crippen molar-refractivity contribution in [2.24, 2.45) is 0 Å². The van der Waals surface area contributed by atoms with E-state index < -0.39 is 0 Å². The molecule has 1 heterocycles. The molecule has 0 aliphatic rings. The first-order valence-corrected chi connectivity index (χ1v) is 6.05. The zero-order valence-electron chi connectivity index (χ0n) is 10.5.